The van der Waals surface area contributed by atoms with Crippen molar-refractivity contribution in [2.45, 2.75) is 50.9 Å². The molecule has 6 nitrogen and oxygen atoms in total. The molecule has 166 valence electrons. The Balaban J connectivity index is 1.45. The Bertz CT molecular complexity index is 1090. The Morgan fingerprint density at radius 3 is 2.44 bits per heavy atom. The molecule has 4 aromatic rings. The molecule has 0 unspecified atom stereocenters. The topological polar surface area (TPSA) is 57.8 Å². The van der Waals surface area contributed by atoms with Crippen molar-refractivity contribution in [2.24, 2.45) is 5.92 Å². The summed E-state index contributed by atoms with van der Waals surface area (Å²) in [7, 11) is 0. The van der Waals surface area contributed by atoms with E-state index in [1.807, 2.05) is 48.8 Å². The first-order chi connectivity index (χ1) is 15.7. The lowest BCUT2D eigenvalue weighted by molar-refractivity contribution is 0.285. The van der Waals surface area contributed by atoms with Gasteiger partial charge in [0, 0.05) is 25.5 Å². The smallest absolute Gasteiger partial charge is 0.191 e. The molecule has 7 heteroatoms. The highest BCUT2D eigenvalue weighted by Gasteiger charge is 2.15. The minimum atomic E-state index is 0.401. The fourth-order valence-corrected chi connectivity index (χ4v) is 4.29. The molecule has 2 aromatic carbocycles. The number of benzene rings is 2. The number of aromatic nitrogens is 5. The number of imidazole rings is 1. The number of hydrogen-bond donors (Lipinski definition) is 0. The lowest BCUT2D eigenvalue weighted by atomic mass is 10.1. The van der Waals surface area contributed by atoms with E-state index < -0.39 is 0 Å². The molecule has 2 aromatic heterocycles. The van der Waals surface area contributed by atoms with Gasteiger partial charge in [-0.15, -0.1) is 10.2 Å². The third-order valence-electron chi connectivity index (χ3n) is 5.16. The van der Waals surface area contributed by atoms with Crippen LogP contribution in [0.2, 0.25) is 0 Å². The van der Waals surface area contributed by atoms with E-state index in [9.17, 15) is 0 Å². The van der Waals surface area contributed by atoms with Crippen LogP contribution in [0.5, 0.6) is 5.75 Å². The third kappa shape index (κ3) is 6.01. The highest BCUT2D eigenvalue weighted by Crippen LogP contribution is 2.23. The monoisotopic (exact) mass is 447 g/mol. The van der Waals surface area contributed by atoms with Crippen molar-refractivity contribution < 1.29 is 4.74 Å². The standard InChI is InChI=1S/C25H29N5OS/c1-20(2)13-15-30-23(18-31-22-11-7-4-8-12-22)27-28-25(30)32-19-24-26-14-16-29(24)17-21-9-5-3-6-10-21/h3-12,14,16,20H,13,15,17-19H2,1-2H3. The summed E-state index contributed by atoms with van der Waals surface area (Å²) in [6.45, 7) is 6.56. The summed E-state index contributed by atoms with van der Waals surface area (Å²) in [6, 6.07) is 20.3. The number of ether oxygens (including phenoxy) is 1. The van der Waals surface area contributed by atoms with Gasteiger partial charge in [0.1, 0.15) is 18.2 Å². The van der Waals surface area contributed by atoms with Crippen LogP contribution in [0.3, 0.4) is 0 Å². The minimum absolute atomic E-state index is 0.401. The average molecular weight is 448 g/mol. The third-order valence-corrected chi connectivity index (χ3v) is 6.13. The van der Waals surface area contributed by atoms with Crippen LogP contribution in [0.1, 0.15) is 37.5 Å². The fraction of sp³-hybridized carbons (Fsp3) is 0.320. The predicted molar refractivity (Wildman–Crippen MR) is 128 cm³/mol. The second kappa shape index (κ2) is 11.0. The van der Waals surface area contributed by atoms with Gasteiger partial charge in [-0.3, -0.25) is 0 Å². The van der Waals surface area contributed by atoms with Crippen molar-refractivity contribution in [2.75, 3.05) is 0 Å². The summed E-state index contributed by atoms with van der Waals surface area (Å²) in [5, 5.41) is 9.83. The molecule has 0 aliphatic carbocycles. The van der Waals surface area contributed by atoms with Crippen LogP contribution in [0.15, 0.2) is 78.2 Å². The van der Waals surface area contributed by atoms with Crippen molar-refractivity contribution in [3.05, 3.63) is 90.3 Å². The van der Waals surface area contributed by atoms with Gasteiger partial charge in [-0.1, -0.05) is 74.1 Å². The number of thioether (sulfide) groups is 1. The van der Waals surface area contributed by atoms with E-state index in [0.29, 0.717) is 12.5 Å². The zero-order valence-corrected chi connectivity index (χ0v) is 19.4. The molecule has 0 bridgehead atoms. The molecule has 0 N–H and O–H groups in total. The van der Waals surface area contributed by atoms with Gasteiger partial charge in [0.15, 0.2) is 11.0 Å². The normalized spacial score (nSPS) is 11.2. The van der Waals surface area contributed by atoms with Crippen molar-refractivity contribution in [1.29, 1.82) is 0 Å². The second-order valence-corrected chi connectivity index (χ2v) is 9.02. The van der Waals surface area contributed by atoms with Gasteiger partial charge in [0.2, 0.25) is 0 Å². The number of para-hydroxylation sites is 1. The average Bonchev–Trinajstić information content (AvgIpc) is 3.42. The molecule has 0 saturated heterocycles. The Kier molecular flexibility index (Phi) is 7.61. The van der Waals surface area contributed by atoms with Gasteiger partial charge >= 0.3 is 0 Å². The molecule has 0 atom stereocenters. The molecule has 2 heterocycles. The lowest BCUT2D eigenvalue weighted by Gasteiger charge is -2.13. The molecule has 0 spiro atoms. The van der Waals surface area contributed by atoms with E-state index in [1.54, 1.807) is 11.8 Å². The quantitative estimate of drug-likeness (QED) is 0.287. The summed E-state index contributed by atoms with van der Waals surface area (Å²) in [5.74, 6) is 4.05. The van der Waals surface area contributed by atoms with Crippen LogP contribution in [0.25, 0.3) is 0 Å². The Morgan fingerprint density at radius 2 is 1.69 bits per heavy atom. The molecule has 4 rings (SSSR count). The van der Waals surface area contributed by atoms with E-state index in [-0.39, 0.29) is 0 Å². The van der Waals surface area contributed by atoms with Crippen molar-refractivity contribution >= 4 is 11.8 Å². The molecule has 0 aliphatic heterocycles. The number of hydrogen-bond acceptors (Lipinski definition) is 5. The number of nitrogens with zero attached hydrogens (tertiary/aromatic N) is 5. The Labute approximate surface area is 193 Å². The van der Waals surface area contributed by atoms with Crippen LogP contribution in [-0.2, 0) is 25.4 Å². The van der Waals surface area contributed by atoms with Gasteiger partial charge < -0.3 is 13.9 Å². The van der Waals surface area contributed by atoms with Crippen molar-refractivity contribution in [3.8, 4) is 5.75 Å². The molecular weight excluding hydrogens is 418 g/mol. The van der Waals surface area contributed by atoms with Crippen LogP contribution < -0.4 is 4.74 Å². The first kappa shape index (κ1) is 22.1. The van der Waals surface area contributed by atoms with Gasteiger partial charge in [0.05, 0.1) is 5.75 Å². The highest BCUT2D eigenvalue weighted by molar-refractivity contribution is 7.98. The lowest BCUT2D eigenvalue weighted by Crippen LogP contribution is -2.10. The van der Waals surface area contributed by atoms with Crippen LogP contribution in [0, 0.1) is 5.92 Å². The number of rotatable bonds is 11. The van der Waals surface area contributed by atoms with Gasteiger partial charge in [0.25, 0.3) is 0 Å². The van der Waals surface area contributed by atoms with Crippen LogP contribution in [0.4, 0.5) is 0 Å². The van der Waals surface area contributed by atoms with E-state index in [1.165, 1.54) is 5.56 Å². The van der Waals surface area contributed by atoms with Crippen molar-refractivity contribution in [1.82, 2.24) is 24.3 Å². The molecule has 32 heavy (non-hydrogen) atoms. The minimum Gasteiger partial charge on any atom is -0.486 e. The van der Waals surface area contributed by atoms with Gasteiger partial charge in [-0.25, -0.2) is 4.98 Å². The van der Waals surface area contributed by atoms with Crippen LogP contribution >= 0.6 is 11.8 Å². The summed E-state index contributed by atoms with van der Waals surface area (Å²) in [6.07, 6.45) is 4.96. The fourth-order valence-electron chi connectivity index (χ4n) is 3.34. The predicted octanol–water partition coefficient (Wildman–Crippen LogP) is 5.44. The zero-order valence-electron chi connectivity index (χ0n) is 18.6. The maximum atomic E-state index is 5.94. The van der Waals surface area contributed by atoms with E-state index in [0.717, 1.165) is 47.8 Å². The van der Waals surface area contributed by atoms with E-state index in [4.69, 9.17) is 4.74 Å². The molecular formula is C25H29N5OS. The molecule has 0 amide bonds. The zero-order chi connectivity index (χ0) is 22.2. The first-order valence-electron chi connectivity index (χ1n) is 11.0. The second-order valence-electron chi connectivity index (χ2n) is 8.08. The Morgan fingerprint density at radius 1 is 0.938 bits per heavy atom. The van der Waals surface area contributed by atoms with Gasteiger partial charge in [-0.2, -0.15) is 0 Å². The summed E-state index contributed by atoms with van der Waals surface area (Å²) < 4.78 is 10.3. The highest BCUT2D eigenvalue weighted by atomic mass is 32.2. The van der Waals surface area contributed by atoms with E-state index >= 15 is 0 Å². The molecule has 0 radical (unpaired) electrons. The SMILES string of the molecule is CC(C)CCn1c(COc2ccccc2)nnc1SCc1nccn1Cc1ccccc1. The van der Waals surface area contributed by atoms with E-state index in [2.05, 4.69) is 62.4 Å². The largest absolute Gasteiger partial charge is 0.486 e. The summed E-state index contributed by atoms with van der Waals surface area (Å²) in [5.41, 5.74) is 1.26. The molecule has 0 aliphatic rings. The maximum absolute atomic E-state index is 5.94. The first-order valence-corrected chi connectivity index (χ1v) is 11.9. The maximum Gasteiger partial charge on any atom is 0.191 e. The van der Waals surface area contributed by atoms with Crippen LogP contribution in [-0.4, -0.2) is 24.3 Å². The Hall–Kier alpha value is -3.06. The van der Waals surface area contributed by atoms with Gasteiger partial charge in [-0.05, 0) is 30.0 Å². The molecule has 0 saturated carbocycles. The van der Waals surface area contributed by atoms with Crippen molar-refractivity contribution in [3.63, 3.8) is 0 Å². The summed E-state index contributed by atoms with van der Waals surface area (Å²) in [4.78, 5) is 4.57. The molecule has 0 fully saturated rings. The summed E-state index contributed by atoms with van der Waals surface area (Å²) >= 11 is 1.67.